The van der Waals surface area contributed by atoms with Crippen LogP contribution in [0.1, 0.15) is 18.4 Å². The Bertz CT molecular complexity index is 277. The first-order valence-electron chi connectivity index (χ1n) is 4.64. The molecular formula is C11H14O2. The lowest BCUT2D eigenvalue weighted by Crippen LogP contribution is -2.29. The maximum absolute atomic E-state index is 9.65. The Morgan fingerprint density at radius 2 is 1.85 bits per heavy atom. The molecule has 2 rings (SSSR count). The topological polar surface area (TPSA) is 40.5 Å². The Kier molecular flexibility index (Phi) is 2.10. The van der Waals surface area contributed by atoms with Crippen LogP contribution in [-0.2, 0) is 5.41 Å². The molecule has 0 saturated heterocycles. The molecule has 1 fully saturated rings. The molecule has 0 bridgehead atoms. The number of rotatable bonds is 3. The first kappa shape index (κ1) is 8.73. The van der Waals surface area contributed by atoms with Crippen molar-refractivity contribution in [1.29, 1.82) is 0 Å². The fourth-order valence-corrected chi connectivity index (χ4v) is 1.89. The minimum Gasteiger partial charge on any atom is -0.394 e. The van der Waals surface area contributed by atoms with Gasteiger partial charge in [-0.25, -0.2) is 0 Å². The third kappa shape index (κ3) is 1.36. The van der Waals surface area contributed by atoms with Gasteiger partial charge in [0.05, 0.1) is 12.7 Å². The summed E-state index contributed by atoms with van der Waals surface area (Å²) >= 11 is 0. The molecule has 0 aromatic heterocycles. The van der Waals surface area contributed by atoms with Crippen molar-refractivity contribution in [3.05, 3.63) is 35.9 Å². The van der Waals surface area contributed by atoms with Crippen molar-refractivity contribution in [1.82, 2.24) is 0 Å². The lowest BCUT2D eigenvalue weighted by atomic mass is 9.90. The number of hydrogen-bond donors (Lipinski definition) is 2. The van der Waals surface area contributed by atoms with E-state index in [2.05, 4.69) is 0 Å². The van der Waals surface area contributed by atoms with Crippen molar-refractivity contribution < 1.29 is 10.2 Å². The second-order valence-electron chi connectivity index (χ2n) is 3.72. The van der Waals surface area contributed by atoms with Gasteiger partial charge in [-0.05, 0) is 18.4 Å². The van der Waals surface area contributed by atoms with E-state index in [0.29, 0.717) is 0 Å². The summed E-state index contributed by atoms with van der Waals surface area (Å²) in [6.07, 6.45) is 1.37. The van der Waals surface area contributed by atoms with Gasteiger partial charge in [0, 0.05) is 5.41 Å². The van der Waals surface area contributed by atoms with Gasteiger partial charge in [0.25, 0.3) is 0 Å². The molecule has 2 N–H and O–H groups in total. The van der Waals surface area contributed by atoms with Gasteiger partial charge in [0.1, 0.15) is 0 Å². The molecular weight excluding hydrogens is 164 g/mol. The molecule has 1 aliphatic rings. The van der Waals surface area contributed by atoms with Crippen LogP contribution in [0.15, 0.2) is 30.3 Å². The number of benzene rings is 1. The van der Waals surface area contributed by atoms with Crippen molar-refractivity contribution in [3.63, 3.8) is 0 Å². The maximum Gasteiger partial charge on any atom is 0.0867 e. The van der Waals surface area contributed by atoms with Gasteiger partial charge in [-0.15, -0.1) is 0 Å². The summed E-state index contributed by atoms with van der Waals surface area (Å²) < 4.78 is 0. The number of aliphatic hydroxyl groups is 2. The number of aliphatic hydroxyl groups excluding tert-OH is 2. The van der Waals surface area contributed by atoms with E-state index in [1.54, 1.807) is 0 Å². The highest BCUT2D eigenvalue weighted by Crippen LogP contribution is 2.50. The SMILES string of the molecule is OCC(O)C1(c2ccccc2)CC1. The van der Waals surface area contributed by atoms with Crippen molar-refractivity contribution in [2.24, 2.45) is 0 Å². The van der Waals surface area contributed by atoms with Gasteiger partial charge >= 0.3 is 0 Å². The van der Waals surface area contributed by atoms with Gasteiger partial charge in [0.15, 0.2) is 0 Å². The van der Waals surface area contributed by atoms with E-state index in [1.807, 2.05) is 30.3 Å². The van der Waals surface area contributed by atoms with Crippen molar-refractivity contribution in [2.75, 3.05) is 6.61 Å². The van der Waals surface area contributed by atoms with Crippen LogP contribution in [-0.4, -0.2) is 22.9 Å². The van der Waals surface area contributed by atoms with Gasteiger partial charge in [0.2, 0.25) is 0 Å². The molecule has 0 radical (unpaired) electrons. The lowest BCUT2D eigenvalue weighted by Gasteiger charge is -2.20. The van der Waals surface area contributed by atoms with Crippen LogP contribution in [0.2, 0.25) is 0 Å². The fraction of sp³-hybridized carbons (Fsp3) is 0.455. The molecule has 0 aliphatic heterocycles. The van der Waals surface area contributed by atoms with E-state index in [-0.39, 0.29) is 12.0 Å². The van der Waals surface area contributed by atoms with E-state index in [1.165, 1.54) is 0 Å². The summed E-state index contributed by atoms with van der Waals surface area (Å²) in [4.78, 5) is 0. The predicted octanol–water partition coefficient (Wildman–Crippen LogP) is 1.07. The van der Waals surface area contributed by atoms with Gasteiger partial charge in [-0.1, -0.05) is 30.3 Å². The summed E-state index contributed by atoms with van der Waals surface area (Å²) in [6, 6.07) is 9.95. The quantitative estimate of drug-likeness (QED) is 0.727. The molecule has 1 aromatic rings. The molecule has 1 unspecified atom stereocenters. The molecule has 0 amide bonds. The fourth-order valence-electron chi connectivity index (χ4n) is 1.89. The van der Waals surface area contributed by atoms with Crippen LogP contribution in [0.25, 0.3) is 0 Å². The van der Waals surface area contributed by atoms with Crippen LogP contribution in [0.4, 0.5) is 0 Å². The van der Waals surface area contributed by atoms with E-state index in [0.717, 1.165) is 18.4 Å². The second-order valence-corrected chi connectivity index (χ2v) is 3.72. The molecule has 1 atom stereocenters. The van der Waals surface area contributed by atoms with E-state index >= 15 is 0 Å². The second kappa shape index (κ2) is 3.13. The largest absolute Gasteiger partial charge is 0.394 e. The lowest BCUT2D eigenvalue weighted by molar-refractivity contribution is 0.0639. The van der Waals surface area contributed by atoms with Crippen LogP contribution in [0.3, 0.4) is 0 Å². The van der Waals surface area contributed by atoms with E-state index in [9.17, 15) is 5.11 Å². The van der Waals surface area contributed by atoms with Crippen LogP contribution < -0.4 is 0 Å². The van der Waals surface area contributed by atoms with Crippen LogP contribution in [0, 0.1) is 0 Å². The molecule has 0 heterocycles. The smallest absolute Gasteiger partial charge is 0.0867 e. The van der Waals surface area contributed by atoms with E-state index in [4.69, 9.17) is 5.11 Å². The maximum atomic E-state index is 9.65. The highest BCUT2D eigenvalue weighted by Gasteiger charge is 2.49. The van der Waals surface area contributed by atoms with Crippen LogP contribution in [0.5, 0.6) is 0 Å². The summed E-state index contributed by atoms with van der Waals surface area (Å²) in [5.74, 6) is 0. The Balaban J connectivity index is 2.26. The first-order valence-corrected chi connectivity index (χ1v) is 4.64. The Labute approximate surface area is 77.8 Å². The Hall–Kier alpha value is -0.860. The first-order chi connectivity index (χ1) is 6.29. The summed E-state index contributed by atoms with van der Waals surface area (Å²) in [5, 5.41) is 18.6. The molecule has 1 saturated carbocycles. The highest BCUT2D eigenvalue weighted by atomic mass is 16.3. The van der Waals surface area contributed by atoms with Crippen molar-refractivity contribution in [3.8, 4) is 0 Å². The molecule has 2 heteroatoms. The predicted molar refractivity (Wildman–Crippen MR) is 50.4 cm³/mol. The monoisotopic (exact) mass is 178 g/mol. The zero-order chi connectivity index (χ0) is 9.31. The van der Waals surface area contributed by atoms with Gasteiger partial charge < -0.3 is 10.2 Å². The Morgan fingerprint density at radius 1 is 1.23 bits per heavy atom. The third-order valence-electron chi connectivity index (χ3n) is 2.95. The minimum absolute atomic E-state index is 0.143. The highest BCUT2D eigenvalue weighted by molar-refractivity contribution is 5.32. The number of hydrogen-bond acceptors (Lipinski definition) is 2. The van der Waals surface area contributed by atoms with Gasteiger partial charge in [-0.3, -0.25) is 0 Å². The zero-order valence-corrected chi connectivity index (χ0v) is 7.48. The third-order valence-corrected chi connectivity index (χ3v) is 2.95. The summed E-state index contributed by atoms with van der Waals surface area (Å²) in [5.41, 5.74) is 1.01. The molecule has 13 heavy (non-hydrogen) atoms. The molecule has 1 aliphatic carbocycles. The van der Waals surface area contributed by atoms with E-state index < -0.39 is 6.10 Å². The minimum atomic E-state index is -0.602. The molecule has 70 valence electrons. The Morgan fingerprint density at radius 3 is 2.31 bits per heavy atom. The molecule has 2 nitrogen and oxygen atoms in total. The summed E-state index contributed by atoms with van der Waals surface area (Å²) in [7, 11) is 0. The normalized spacial score (nSPS) is 21.1. The molecule has 1 aromatic carbocycles. The van der Waals surface area contributed by atoms with Crippen molar-refractivity contribution >= 4 is 0 Å². The molecule has 0 spiro atoms. The average Bonchev–Trinajstić information content (AvgIpc) is 2.99. The van der Waals surface area contributed by atoms with Gasteiger partial charge in [-0.2, -0.15) is 0 Å². The zero-order valence-electron chi connectivity index (χ0n) is 7.48. The average molecular weight is 178 g/mol. The standard InChI is InChI=1S/C11H14O2/c12-8-10(13)11(6-7-11)9-4-2-1-3-5-9/h1-5,10,12-13H,6-8H2. The van der Waals surface area contributed by atoms with Crippen molar-refractivity contribution in [2.45, 2.75) is 24.4 Å². The summed E-state index contributed by atoms with van der Waals surface area (Å²) in [6.45, 7) is -0.144. The van der Waals surface area contributed by atoms with Crippen LogP contribution >= 0.6 is 0 Å².